The van der Waals surface area contributed by atoms with Gasteiger partial charge in [-0.1, -0.05) is 11.6 Å². The van der Waals surface area contributed by atoms with Crippen LogP contribution in [-0.4, -0.2) is 161 Å². The number of aromatic nitrogens is 32. The second kappa shape index (κ2) is 26.0. The molecule has 0 fully saturated rings. The summed E-state index contributed by atoms with van der Waals surface area (Å²) < 4.78 is 73.2. The van der Waals surface area contributed by atoms with E-state index in [0.717, 1.165) is 64.0 Å². The van der Waals surface area contributed by atoms with Crippen LogP contribution in [0.15, 0.2) is 104 Å². The molecule has 0 radical (unpaired) electrons. The summed E-state index contributed by atoms with van der Waals surface area (Å²) in [4.78, 5) is 47.6. The Hall–Kier alpha value is -11.5. The van der Waals surface area contributed by atoms with Crippen LogP contribution in [0.2, 0.25) is 10.7 Å². The molecular formula is C40H37BrClFN32O8. The largest absolute Gasteiger partial charge is 0.472 e. The molecule has 12 rings (SSSR count). The van der Waals surface area contributed by atoms with Crippen molar-refractivity contribution in [3.8, 4) is 46.8 Å². The van der Waals surface area contributed by atoms with Gasteiger partial charge >= 0.3 is 22.8 Å². The fourth-order valence-corrected chi connectivity index (χ4v) is 6.82. The number of hydrogen-bond acceptors (Lipinski definition) is 28. The summed E-state index contributed by atoms with van der Waals surface area (Å²) in [6.07, 6.45) is 10.8. The van der Waals surface area contributed by atoms with Gasteiger partial charge in [-0.15, -0.1) is 59.5 Å². The first kappa shape index (κ1) is 51.0. The van der Waals surface area contributed by atoms with Crippen molar-refractivity contribution in [2.24, 2.45) is 28.2 Å². The molecule has 0 bridgehead atoms. The van der Waals surface area contributed by atoms with Crippen LogP contribution in [0.1, 0.15) is 22.3 Å². The van der Waals surface area contributed by atoms with Crippen LogP contribution in [0.3, 0.4) is 0 Å². The Balaban J connectivity index is 0.000000138. The van der Waals surface area contributed by atoms with Crippen LogP contribution in [0, 0.1) is 5.82 Å². The quantitative estimate of drug-likeness (QED) is 0.0796. The number of halogens is 3. The van der Waals surface area contributed by atoms with Crippen LogP contribution in [0.25, 0.3) is 23.3 Å². The molecule has 0 atom stereocenters. The third-order valence-electron chi connectivity index (χ3n) is 10.3. The van der Waals surface area contributed by atoms with E-state index >= 15 is 0 Å². The topological polar surface area (TPSA) is 466 Å². The summed E-state index contributed by atoms with van der Waals surface area (Å²) in [7, 11) is 5.82. The van der Waals surface area contributed by atoms with Crippen molar-refractivity contribution in [3.63, 3.8) is 0 Å². The number of rotatable bonds is 16. The summed E-state index contributed by atoms with van der Waals surface area (Å²) >= 11 is 9.43. The fraction of sp³-hybridized carbons (Fsp3) is 0.200. The van der Waals surface area contributed by atoms with Gasteiger partial charge in [0.15, 0.2) is 34.7 Å². The van der Waals surface area contributed by atoms with Gasteiger partial charge < -0.3 is 18.9 Å². The monoisotopic (exact) mass is 1230 g/mol. The molecule has 83 heavy (non-hydrogen) atoms. The maximum absolute atomic E-state index is 14.0. The van der Waals surface area contributed by atoms with Gasteiger partial charge in [0.1, 0.15) is 26.4 Å². The Labute approximate surface area is 476 Å². The molecule has 426 valence electrons. The van der Waals surface area contributed by atoms with E-state index in [1.165, 1.54) is 83.7 Å². The van der Waals surface area contributed by atoms with Gasteiger partial charge in [0.05, 0.1) is 46.5 Å². The van der Waals surface area contributed by atoms with Crippen molar-refractivity contribution < 1.29 is 29.0 Å². The predicted octanol–water partition coefficient (Wildman–Crippen LogP) is -2.21. The second-order valence-electron chi connectivity index (χ2n) is 15.7. The molecule has 43 heteroatoms. The molecule has 12 heterocycles. The van der Waals surface area contributed by atoms with E-state index in [1.807, 2.05) is 0 Å². The SMILES string of the molecule is [3H]n1ccc(OCc2c(Br)cnnc2-n2nnn(C)c2=O)n1.[3H]n1ccc(OCc2c(Cl)cnnc2-n2nnn(C)c2=O)n1.[3H]n1ccc(OCc2c(F)cnnc2-n2nnn(C)c2=O)n1.[3H]n1ccc(OCc2ccnnc2-n2nnn(C)c2=O)n1. The maximum Gasteiger partial charge on any atom is 0.369 e. The lowest BCUT2D eigenvalue weighted by Crippen LogP contribution is -2.24. The Morgan fingerprint density at radius 1 is 0.482 bits per heavy atom. The van der Waals surface area contributed by atoms with E-state index in [2.05, 4.69) is 119 Å². The van der Waals surface area contributed by atoms with Crippen LogP contribution in [0.5, 0.6) is 23.5 Å². The van der Waals surface area contributed by atoms with E-state index in [0.29, 0.717) is 27.0 Å². The standard InChI is InChI=1S/C10H9BrN8O2.C10H9ClN8O2.C10H9FN8O2.C10H10N8O2/c3*1-18-10(20)19(17-16-18)9-6(7(11)4-13-15-9)5-21-8-2-3-12-14-8;1-17-10(19)18(16-15-17)9-7(2-4-12-14-9)6-20-8-3-5-11-13-8/h3*2-4H,5H2,1H3,(H,12,14);2-5H,6H2,1H3,(H,11,13)/i/hT4. The van der Waals surface area contributed by atoms with Gasteiger partial charge in [-0.2, -0.15) is 39.1 Å². The number of nitrogens with zero attached hydrogens (tertiary/aromatic N) is 28. The minimum absolute atomic E-state index is 0.0241. The van der Waals surface area contributed by atoms with Gasteiger partial charge in [-0.25, -0.2) is 23.6 Å². The Bertz CT molecular complexity index is 4240. The molecular weight excluding hydrogens is 1190 g/mol. The average Bonchev–Trinajstić information content (AvgIpc) is 2.60. The van der Waals surface area contributed by atoms with Gasteiger partial charge in [0.2, 0.25) is 23.5 Å². The highest BCUT2D eigenvalue weighted by Crippen LogP contribution is 2.23. The highest BCUT2D eigenvalue weighted by molar-refractivity contribution is 9.10. The first-order valence-electron chi connectivity index (χ1n) is 24.6. The van der Waals surface area contributed by atoms with Crippen molar-refractivity contribution in [1.82, 2.24) is 161 Å². The highest BCUT2D eigenvalue weighted by Gasteiger charge is 2.21. The molecule has 0 aliphatic rings. The normalized spacial score (nSPS) is 11.4. The van der Waals surface area contributed by atoms with Crippen molar-refractivity contribution in [1.29, 1.82) is 0 Å². The van der Waals surface area contributed by atoms with Gasteiger partial charge in [0, 0.05) is 87.3 Å². The van der Waals surface area contributed by atoms with E-state index in [9.17, 15) is 23.6 Å². The average molecular weight is 1240 g/mol. The Kier molecular flexibility index (Phi) is 16.0. The summed E-state index contributed by atoms with van der Waals surface area (Å²) in [5.74, 6) is 0.658. The lowest BCUT2D eigenvalue weighted by Gasteiger charge is -2.08. The second-order valence-corrected chi connectivity index (χ2v) is 16.9. The molecule has 0 aliphatic heterocycles. The number of hydrogen-bond donors (Lipinski definition) is 4. The van der Waals surface area contributed by atoms with Gasteiger partial charge in [-0.05, 0) is 63.7 Å². The summed E-state index contributed by atoms with van der Waals surface area (Å²) in [5.41, 5.74) is -0.471. The lowest BCUT2D eigenvalue weighted by molar-refractivity contribution is 0.285. The number of aromatic amines is 4. The third-order valence-corrected chi connectivity index (χ3v) is 11.4. The first-order valence-corrected chi connectivity index (χ1v) is 24.0. The van der Waals surface area contributed by atoms with Crippen LogP contribution in [0.4, 0.5) is 4.39 Å². The lowest BCUT2D eigenvalue weighted by atomic mass is 10.3. The molecule has 4 N–H and O–H groups in total. The van der Waals surface area contributed by atoms with Crippen LogP contribution < -0.4 is 41.7 Å². The highest BCUT2D eigenvalue weighted by atomic mass is 79.9. The third kappa shape index (κ3) is 13.4. The van der Waals surface area contributed by atoms with Crippen LogP contribution in [-0.2, 0) is 54.6 Å². The van der Waals surface area contributed by atoms with E-state index in [4.69, 9.17) is 36.2 Å². The van der Waals surface area contributed by atoms with Crippen molar-refractivity contribution in [2.45, 2.75) is 26.4 Å². The molecule has 0 aliphatic carbocycles. The summed E-state index contributed by atoms with van der Waals surface area (Å²) in [6.45, 7) is -0.128. The smallest absolute Gasteiger partial charge is 0.369 e. The molecule has 12 aromatic heterocycles. The van der Waals surface area contributed by atoms with Crippen LogP contribution >= 0.6 is 27.5 Å². The zero-order chi connectivity index (χ0) is 61.9. The molecule has 0 aromatic carbocycles. The number of tetrazole rings is 4. The minimum atomic E-state index is -0.715. The molecule has 12 aromatic rings. The number of aryl methyl sites for hydroxylation is 4. The Morgan fingerprint density at radius 2 is 0.843 bits per heavy atom. The van der Waals surface area contributed by atoms with Gasteiger partial charge in [0.25, 0.3) is 0 Å². The Morgan fingerprint density at radius 3 is 1.27 bits per heavy atom. The predicted molar refractivity (Wildman–Crippen MR) is 273 cm³/mol. The van der Waals surface area contributed by atoms with Gasteiger partial charge in [-0.3, -0.25) is 20.4 Å². The zero-order valence-corrected chi connectivity index (χ0v) is 44.9. The molecule has 40 nitrogen and oxygen atoms in total. The maximum atomic E-state index is 14.0. The van der Waals surface area contributed by atoms with Crippen molar-refractivity contribution >= 4 is 27.5 Å². The minimum Gasteiger partial charge on any atom is -0.472 e. The molecule has 0 spiro atoms. The number of ether oxygens (including phenoxy) is 4. The first-order chi connectivity index (χ1) is 41.8. The van der Waals surface area contributed by atoms with Crippen molar-refractivity contribution in [2.75, 3.05) is 0 Å². The number of H-pyrrole nitrogens is 4. The fourth-order valence-electron chi connectivity index (χ4n) is 6.26. The summed E-state index contributed by atoms with van der Waals surface area (Å²) in [5, 5.41) is 77.9. The van der Waals surface area contributed by atoms with E-state index in [1.54, 1.807) is 18.2 Å². The molecule has 0 amide bonds. The van der Waals surface area contributed by atoms with Crippen molar-refractivity contribution in [3.05, 3.63) is 159 Å². The molecule has 0 saturated carbocycles. The molecule has 0 unspecified atom stereocenters. The molecule has 0 saturated heterocycles. The summed E-state index contributed by atoms with van der Waals surface area (Å²) in [6, 6.07) is 7.71. The number of nitrogens with one attached hydrogen (secondary N) is 4. The van der Waals surface area contributed by atoms with E-state index in [-0.39, 0.29) is 77.9 Å². The van der Waals surface area contributed by atoms with E-state index < -0.39 is 28.6 Å². The zero-order valence-electron chi connectivity index (χ0n) is 46.5.